The molecule has 23 heavy (non-hydrogen) atoms. The van der Waals surface area contributed by atoms with Gasteiger partial charge in [0, 0.05) is 24.1 Å². The minimum Gasteiger partial charge on any atom is -0.506 e. The van der Waals surface area contributed by atoms with E-state index in [0.29, 0.717) is 17.0 Å². The number of imidazole rings is 1. The lowest BCUT2D eigenvalue weighted by molar-refractivity contribution is 0.101. The van der Waals surface area contributed by atoms with Gasteiger partial charge in [-0.05, 0) is 51.4 Å². The Labute approximate surface area is 135 Å². The normalized spacial score (nSPS) is 24.2. The van der Waals surface area contributed by atoms with Crippen LogP contribution in [0.3, 0.4) is 0 Å². The fourth-order valence-corrected chi connectivity index (χ4v) is 3.50. The second-order valence-electron chi connectivity index (χ2n) is 6.96. The Morgan fingerprint density at radius 2 is 2.17 bits per heavy atom. The molecule has 6 nitrogen and oxygen atoms in total. The molecule has 1 aromatic carbocycles. The highest BCUT2D eigenvalue weighted by Crippen LogP contribution is 2.40. The first-order chi connectivity index (χ1) is 11.1. The molecule has 2 atom stereocenters. The van der Waals surface area contributed by atoms with E-state index in [1.54, 1.807) is 12.1 Å². The van der Waals surface area contributed by atoms with Crippen molar-refractivity contribution < 1.29 is 10.2 Å². The highest BCUT2D eigenvalue weighted by molar-refractivity contribution is 5.85. The van der Waals surface area contributed by atoms with Gasteiger partial charge < -0.3 is 20.1 Å². The van der Waals surface area contributed by atoms with Gasteiger partial charge in [-0.15, -0.1) is 0 Å². The highest BCUT2D eigenvalue weighted by atomic mass is 16.3. The summed E-state index contributed by atoms with van der Waals surface area (Å²) in [6.07, 6.45) is 3.72. The first-order valence-corrected chi connectivity index (χ1v) is 8.46. The number of aromatic amines is 1. The first-order valence-electron chi connectivity index (χ1n) is 8.46. The Kier molecular flexibility index (Phi) is 3.75. The number of rotatable bonds is 4. The summed E-state index contributed by atoms with van der Waals surface area (Å²) in [5.74, 6) is 1.59. The summed E-state index contributed by atoms with van der Waals surface area (Å²) < 4.78 is 0. The molecule has 6 heteroatoms. The minimum absolute atomic E-state index is 0.188. The minimum atomic E-state index is -0.773. The summed E-state index contributed by atoms with van der Waals surface area (Å²) >= 11 is 0. The van der Waals surface area contributed by atoms with E-state index in [-0.39, 0.29) is 11.8 Å². The van der Waals surface area contributed by atoms with Crippen LogP contribution in [0.15, 0.2) is 12.1 Å². The maximum absolute atomic E-state index is 10.6. The van der Waals surface area contributed by atoms with Crippen LogP contribution < -0.4 is 5.32 Å². The lowest BCUT2D eigenvalue weighted by atomic mass is 10.0. The van der Waals surface area contributed by atoms with Crippen LogP contribution in [0.4, 0.5) is 0 Å². The number of likely N-dealkylation sites (tertiary alicyclic amines) is 1. The molecule has 0 radical (unpaired) electrons. The number of piperidine rings is 1. The van der Waals surface area contributed by atoms with E-state index in [2.05, 4.69) is 27.2 Å². The van der Waals surface area contributed by atoms with Gasteiger partial charge in [-0.1, -0.05) is 0 Å². The molecule has 0 spiro atoms. The molecule has 4 rings (SSSR count). The van der Waals surface area contributed by atoms with Crippen LogP contribution >= 0.6 is 0 Å². The zero-order valence-corrected chi connectivity index (χ0v) is 13.4. The SMILES string of the molecule is CN1CCCC(NC(O)c2ccc(O)c3[nH]c(C4CC4)nc23)C1. The van der Waals surface area contributed by atoms with Gasteiger partial charge in [-0.2, -0.15) is 0 Å². The van der Waals surface area contributed by atoms with Crippen molar-refractivity contribution in [3.05, 3.63) is 23.5 Å². The molecule has 2 heterocycles. The largest absolute Gasteiger partial charge is 0.506 e. The number of hydrogen-bond donors (Lipinski definition) is 4. The van der Waals surface area contributed by atoms with Gasteiger partial charge in [0.25, 0.3) is 0 Å². The number of phenols is 1. The number of aliphatic hydroxyl groups is 1. The fraction of sp³-hybridized carbons (Fsp3) is 0.588. The third-order valence-electron chi connectivity index (χ3n) is 4.95. The molecule has 2 aliphatic rings. The number of nitrogens with one attached hydrogen (secondary N) is 2. The molecule has 1 aliphatic carbocycles. The lowest BCUT2D eigenvalue weighted by Crippen LogP contribution is -2.45. The number of likely N-dealkylation sites (N-methyl/N-ethyl adjacent to an activating group) is 1. The van der Waals surface area contributed by atoms with E-state index in [0.717, 1.165) is 50.2 Å². The van der Waals surface area contributed by atoms with Crippen molar-refractivity contribution in [2.24, 2.45) is 0 Å². The Bertz CT molecular complexity index is 710. The number of fused-ring (bicyclic) bond motifs is 1. The Morgan fingerprint density at radius 3 is 2.91 bits per heavy atom. The maximum Gasteiger partial charge on any atom is 0.141 e. The quantitative estimate of drug-likeness (QED) is 0.647. The topological polar surface area (TPSA) is 84.4 Å². The standard InChI is InChI=1S/C17H24N4O2/c1-21-8-2-3-11(9-21)18-17(23)12-6-7-13(22)15-14(12)19-16(20-15)10-4-5-10/h6-7,10-11,17-18,22-23H,2-5,8-9H2,1H3,(H,19,20). The average molecular weight is 316 g/mol. The molecule has 124 valence electrons. The summed E-state index contributed by atoms with van der Waals surface area (Å²) in [7, 11) is 2.11. The molecule has 4 N–H and O–H groups in total. The maximum atomic E-state index is 10.6. The van der Waals surface area contributed by atoms with E-state index in [9.17, 15) is 10.2 Å². The molecule has 1 saturated carbocycles. The van der Waals surface area contributed by atoms with E-state index in [4.69, 9.17) is 0 Å². The molecule has 2 aromatic rings. The van der Waals surface area contributed by atoms with Crippen molar-refractivity contribution >= 4 is 11.0 Å². The summed E-state index contributed by atoms with van der Waals surface area (Å²) in [6, 6.07) is 3.67. The monoisotopic (exact) mass is 316 g/mol. The van der Waals surface area contributed by atoms with Crippen molar-refractivity contribution in [3.8, 4) is 5.75 Å². The van der Waals surface area contributed by atoms with E-state index in [1.165, 1.54) is 0 Å². The van der Waals surface area contributed by atoms with Crippen LogP contribution in [-0.4, -0.2) is 51.3 Å². The van der Waals surface area contributed by atoms with Gasteiger partial charge in [0.15, 0.2) is 0 Å². The van der Waals surface area contributed by atoms with Crippen molar-refractivity contribution in [1.29, 1.82) is 0 Å². The zero-order chi connectivity index (χ0) is 16.0. The number of benzene rings is 1. The Balaban J connectivity index is 1.60. The molecule has 2 fully saturated rings. The number of phenolic OH excluding ortho intramolecular Hbond substituents is 1. The van der Waals surface area contributed by atoms with Crippen LogP contribution in [-0.2, 0) is 0 Å². The number of nitrogens with zero attached hydrogens (tertiary/aromatic N) is 2. The molecule has 1 aliphatic heterocycles. The van der Waals surface area contributed by atoms with Crippen LogP contribution in [0.25, 0.3) is 11.0 Å². The van der Waals surface area contributed by atoms with Gasteiger partial charge in [-0.3, -0.25) is 5.32 Å². The summed E-state index contributed by atoms with van der Waals surface area (Å²) in [6.45, 7) is 2.05. The molecule has 1 aromatic heterocycles. The first kappa shape index (κ1) is 14.9. The fourth-order valence-electron chi connectivity index (χ4n) is 3.50. The summed E-state index contributed by atoms with van der Waals surface area (Å²) in [5.41, 5.74) is 2.04. The smallest absolute Gasteiger partial charge is 0.141 e. The van der Waals surface area contributed by atoms with Crippen molar-refractivity contribution in [1.82, 2.24) is 20.2 Å². The van der Waals surface area contributed by atoms with Gasteiger partial charge in [-0.25, -0.2) is 4.98 Å². The Morgan fingerprint density at radius 1 is 1.35 bits per heavy atom. The van der Waals surface area contributed by atoms with Gasteiger partial charge in [0.1, 0.15) is 23.3 Å². The van der Waals surface area contributed by atoms with Gasteiger partial charge >= 0.3 is 0 Å². The van der Waals surface area contributed by atoms with Gasteiger partial charge in [0.2, 0.25) is 0 Å². The number of hydrogen-bond acceptors (Lipinski definition) is 5. The second-order valence-corrected chi connectivity index (χ2v) is 6.96. The van der Waals surface area contributed by atoms with E-state index < -0.39 is 6.23 Å². The Hall–Kier alpha value is -1.63. The average Bonchev–Trinajstić information content (AvgIpc) is 3.27. The van der Waals surface area contributed by atoms with Crippen LogP contribution in [0, 0.1) is 0 Å². The van der Waals surface area contributed by atoms with Crippen molar-refractivity contribution in [3.63, 3.8) is 0 Å². The number of H-pyrrole nitrogens is 1. The third kappa shape index (κ3) is 2.94. The molecule has 2 unspecified atom stereocenters. The summed E-state index contributed by atoms with van der Waals surface area (Å²) in [4.78, 5) is 10.1. The summed E-state index contributed by atoms with van der Waals surface area (Å²) in [5, 5.41) is 24.0. The van der Waals surface area contributed by atoms with E-state index >= 15 is 0 Å². The predicted molar refractivity (Wildman–Crippen MR) is 88.3 cm³/mol. The number of aromatic nitrogens is 2. The molecule has 1 saturated heterocycles. The third-order valence-corrected chi connectivity index (χ3v) is 4.95. The lowest BCUT2D eigenvalue weighted by Gasteiger charge is -2.32. The molecule has 0 amide bonds. The zero-order valence-electron chi connectivity index (χ0n) is 13.4. The number of aliphatic hydroxyl groups excluding tert-OH is 1. The predicted octanol–water partition coefficient (Wildman–Crippen LogP) is 1.82. The highest BCUT2D eigenvalue weighted by Gasteiger charge is 2.29. The van der Waals surface area contributed by atoms with Crippen molar-refractivity contribution in [2.45, 2.75) is 43.9 Å². The second kappa shape index (κ2) is 5.78. The molecule has 0 bridgehead atoms. The number of aromatic hydroxyl groups is 1. The van der Waals surface area contributed by atoms with Crippen molar-refractivity contribution in [2.75, 3.05) is 20.1 Å². The van der Waals surface area contributed by atoms with Gasteiger partial charge in [0.05, 0.1) is 5.52 Å². The van der Waals surface area contributed by atoms with E-state index in [1.807, 2.05) is 0 Å². The van der Waals surface area contributed by atoms with Crippen LogP contribution in [0.5, 0.6) is 5.75 Å². The van der Waals surface area contributed by atoms with Crippen LogP contribution in [0.2, 0.25) is 0 Å². The molecular formula is C17H24N4O2. The molecular weight excluding hydrogens is 292 g/mol. The van der Waals surface area contributed by atoms with Crippen LogP contribution in [0.1, 0.15) is 49.2 Å².